The first kappa shape index (κ1) is 24.9. The Bertz CT molecular complexity index is 1160. The molecule has 1 aromatic heterocycles. The molecule has 2 atom stereocenters. The zero-order valence-corrected chi connectivity index (χ0v) is 21.8. The number of amides is 2. The molecule has 0 spiro atoms. The predicted octanol–water partition coefficient (Wildman–Crippen LogP) is 3.78. The minimum absolute atomic E-state index is 0.0000451. The maximum absolute atomic E-state index is 13.9. The SMILES string of the molecule is Cc1c(F)ccc(C2CCN(C(=O)Cn3nc(C(=O)N4C[C@@H](C)O[C@@H](C)C4)c4c3CCC4)CC2)c1C. The van der Waals surface area contributed by atoms with Gasteiger partial charge in [0.05, 0.1) is 12.2 Å². The van der Waals surface area contributed by atoms with Gasteiger partial charge < -0.3 is 14.5 Å². The first-order valence-electron chi connectivity index (χ1n) is 13.3. The van der Waals surface area contributed by atoms with Crippen LogP contribution in [0, 0.1) is 19.7 Å². The summed E-state index contributed by atoms with van der Waals surface area (Å²) in [5, 5.41) is 4.69. The van der Waals surface area contributed by atoms with E-state index in [1.165, 1.54) is 5.56 Å². The maximum atomic E-state index is 13.9. The van der Waals surface area contributed by atoms with Crippen LogP contribution in [0.2, 0.25) is 0 Å². The van der Waals surface area contributed by atoms with Crippen LogP contribution in [0.25, 0.3) is 0 Å². The van der Waals surface area contributed by atoms with Crippen molar-refractivity contribution in [2.75, 3.05) is 26.2 Å². The van der Waals surface area contributed by atoms with E-state index in [0.29, 0.717) is 43.4 Å². The normalized spacial score (nSPS) is 22.7. The van der Waals surface area contributed by atoms with Crippen molar-refractivity contribution in [1.29, 1.82) is 0 Å². The fourth-order valence-electron chi connectivity index (χ4n) is 6.22. The highest BCUT2D eigenvalue weighted by atomic mass is 19.1. The van der Waals surface area contributed by atoms with Gasteiger partial charge in [0.25, 0.3) is 5.91 Å². The van der Waals surface area contributed by atoms with Gasteiger partial charge in [0, 0.05) is 37.4 Å². The largest absolute Gasteiger partial charge is 0.372 e. The second kappa shape index (κ2) is 9.96. The van der Waals surface area contributed by atoms with E-state index >= 15 is 0 Å². The van der Waals surface area contributed by atoms with Crippen LogP contribution in [0.1, 0.15) is 77.5 Å². The highest BCUT2D eigenvalue weighted by Crippen LogP contribution is 2.33. The number of fused-ring (bicyclic) bond motifs is 1. The third-order valence-electron chi connectivity index (χ3n) is 8.25. The Morgan fingerprint density at radius 1 is 1.03 bits per heavy atom. The highest BCUT2D eigenvalue weighted by molar-refractivity contribution is 5.94. The number of piperidine rings is 1. The molecule has 7 nitrogen and oxygen atoms in total. The maximum Gasteiger partial charge on any atom is 0.274 e. The van der Waals surface area contributed by atoms with Crippen molar-refractivity contribution in [1.82, 2.24) is 19.6 Å². The molecule has 36 heavy (non-hydrogen) atoms. The molecule has 0 bridgehead atoms. The Morgan fingerprint density at radius 2 is 1.72 bits per heavy atom. The summed E-state index contributed by atoms with van der Waals surface area (Å²) in [5.74, 6) is 0.174. The molecule has 1 aromatic carbocycles. The van der Waals surface area contributed by atoms with E-state index in [9.17, 15) is 14.0 Å². The lowest BCUT2D eigenvalue weighted by Gasteiger charge is -2.35. The zero-order chi connectivity index (χ0) is 25.6. The van der Waals surface area contributed by atoms with E-state index in [-0.39, 0.29) is 36.4 Å². The lowest BCUT2D eigenvalue weighted by Crippen LogP contribution is -2.48. The molecule has 2 amide bonds. The van der Waals surface area contributed by atoms with Gasteiger partial charge in [0.1, 0.15) is 12.4 Å². The summed E-state index contributed by atoms with van der Waals surface area (Å²) < 4.78 is 21.5. The number of benzene rings is 1. The Balaban J connectivity index is 1.26. The van der Waals surface area contributed by atoms with Crippen molar-refractivity contribution in [3.05, 3.63) is 51.6 Å². The van der Waals surface area contributed by atoms with Crippen molar-refractivity contribution in [2.45, 2.75) is 84.5 Å². The van der Waals surface area contributed by atoms with Crippen molar-refractivity contribution in [2.24, 2.45) is 0 Å². The topological polar surface area (TPSA) is 67.7 Å². The van der Waals surface area contributed by atoms with Crippen molar-refractivity contribution in [3.63, 3.8) is 0 Å². The summed E-state index contributed by atoms with van der Waals surface area (Å²) in [7, 11) is 0. The number of morpholine rings is 1. The first-order chi connectivity index (χ1) is 17.2. The molecule has 3 heterocycles. The van der Waals surface area contributed by atoms with Crippen LogP contribution >= 0.6 is 0 Å². The number of ether oxygens (including phenoxy) is 1. The van der Waals surface area contributed by atoms with Gasteiger partial charge in [0.15, 0.2) is 5.69 Å². The Labute approximate surface area is 212 Å². The highest BCUT2D eigenvalue weighted by Gasteiger charge is 2.34. The molecule has 1 aliphatic carbocycles. The van der Waals surface area contributed by atoms with E-state index in [4.69, 9.17) is 4.74 Å². The average molecular weight is 497 g/mol. The van der Waals surface area contributed by atoms with Crippen LogP contribution in [0.15, 0.2) is 12.1 Å². The van der Waals surface area contributed by atoms with Gasteiger partial charge >= 0.3 is 0 Å². The number of halogens is 1. The van der Waals surface area contributed by atoms with Gasteiger partial charge in [-0.15, -0.1) is 0 Å². The summed E-state index contributed by atoms with van der Waals surface area (Å²) in [6.45, 7) is 10.4. The molecule has 194 valence electrons. The molecular formula is C28H37FN4O3. The molecule has 3 aliphatic rings. The second-order valence-electron chi connectivity index (χ2n) is 10.8. The molecule has 8 heteroatoms. The summed E-state index contributed by atoms with van der Waals surface area (Å²) in [6, 6.07) is 3.46. The smallest absolute Gasteiger partial charge is 0.274 e. The molecule has 0 N–H and O–H groups in total. The predicted molar refractivity (Wildman–Crippen MR) is 135 cm³/mol. The number of rotatable bonds is 4. The number of hydrogen-bond acceptors (Lipinski definition) is 4. The fourth-order valence-corrected chi connectivity index (χ4v) is 6.22. The molecular weight excluding hydrogens is 459 g/mol. The Morgan fingerprint density at radius 3 is 2.42 bits per heavy atom. The monoisotopic (exact) mass is 496 g/mol. The van der Waals surface area contributed by atoms with Crippen LogP contribution in [-0.2, 0) is 28.9 Å². The third-order valence-corrected chi connectivity index (χ3v) is 8.25. The number of nitrogens with zero attached hydrogens (tertiary/aromatic N) is 4. The van der Waals surface area contributed by atoms with E-state index < -0.39 is 0 Å². The van der Waals surface area contributed by atoms with E-state index in [0.717, 1.165) is 48.9 Å². The van der Waals surface area contributed by atoms with E-state index in [1.807, 2.05) is 43.6 Å². The van der Waals surface area contributed by atoms with Crippen LogP contribution in [-0.4, -0.2) is 69.8 Å². The van der Waals surface area contributed by atoms with E-state index in [2.05, 4.69) is 5.10 Å². The van der Waals surface area contributed by atoms with Gasteiger partial charge in [-0.05, 0) is 88.5 Å². The number of carbonyl (C=O) groups excluding carboxylic acids is 2. The molecule has 5 rings (SSSR count). The van der Waals surface area contributed by atoms with Gasteiger partial charge in [-0.3, -0.25) is 14.3 Å². The molecule has 2 aliphatic heterocycles. The van der Waals surface area contributed by atoms with Gasteiger partial charge in [-0.2, -0.15) is 5.10 Å². The zero-order valence-electron chi connectivity index (χ0n) is 21.8. The summed E-state index contributed by atoms with van der Waals surface area (Å²) in [6.07, 6.45) is 4.41. The number of aromatic nitrogens is 2. The van der Waals surface area contributed by atoms with Gasteiger partial charge in [-0.1, -0.05) is 6.07 Å². The standard InChI is InChI=1S/C28H37FN4O3/c1-17-14-32(15-18(2)36-17)28(35)27-23-6-5-7-25(23)33(30-27)16-26(34)31-12-10-21(11-13-31)22-8-9-24(29)20(4)19(22)3/h8-9,17-18,21H,5-7,10-16H2,1-4H3/t17-,18+. The minimum atomic E-state index is -0.161. The Kier molecular flexibility index (Phi) is 6.90. The van der Waals surface area contributed by atoms with Crippen molar-refractivity contribution in [3.8, 4) is 0 Å². The lowest BCUT2D eigenvalue weighted by atomic mass is 9.85. The van der Waals surface area contributed by atoms with Crippen LogP contribution < -0.4 is 0 Å². The Hall–Kier alpha value is -2.74. The van der Waals surface area contributed by atoms with Crippen LogP contribution in [0.5, 0.6) is 0 Å². The number of hydrogen-bond donors (Lipinski definition) is 0. The number of likely N-dealkylation sites (tertiary alicyclic amines) is 1. The lowest BCUT2D eigenvalue weighted by molar-refractivity contribution is -0.133. The van der Waals surface area contributed by atoms with Crippen LogP contribution in [0.3, 0.4) is 0 Å². The van der Waals surface area contributed by atoms with Crippen molar-refractivity contribution < 1.29 is 18.7 Å². The quantitative estimate of drug-likeness (QED) is 0.646. The molecule has 2 saturated heterocycles. The molecule has 0 radical (unpaired) electrons. The molecule has 0 saturated carbocycles. The first-order valence-corrected chi connectivity index (χ1v) is 13.3. The van der Waals surface area contributed by atoms with Gasteiger partial charge in [0.2, 0.25) is 5.91 Å². The van der Waals surface area contributed by atoms with E-state index in [1.54, 1.807) is 10.7 Å². The minimum Gasteiger partial charge on any atom is -0.372 e. The fraction of sp³-hybridized carbons (Fsp3) is 0.607. The molecule has 0 unspecified atom stereocenters. The summed E-state index contributed by atoms with van der Waals surface area (Å²) in [5.41, 5.74) is 5.49. The summed E-state index contributed by atoms with van der Waals surface area (Å²) in [4.78, 5) is 30.4. The van der Waals surface area contributed by atoms with Crippen LogP contribution in [0.4, 0.5) is 4.39 Å². The third kappa shape index (κ3) is 4.67. The molecule has 2 aromatic rings. The average Bonchev–Trinajstić information content (AvgIpc) is 3.46. The summed E-state index contributed by atoms with van der Waals surface area (Å²) >= 11 is 0. The second-order valence-corrected chi connectivity index (χ2v) is 10.8. The van der Waals surface area contributed by atoms with Gasteiger partial charge in [-0.25, -0.2) is 4.39 Å². The van der Waals surface area contributed by atoms with Crippen molar-refractivity contribution >= 4 is 11.8 Å². The number of carbonyl (C=O) groups is 2. The molecule has 2 fully saturated rings.